The highest BCUT2D eigenvalue weighted by Crippen LogP contribution is 2.15. The number of aliphatic hydroxyl groups excluding tert-OH is 1. The third-order valence-corrected chi connectivity index (χ3v) is 3.41. The van der Waals surface area contributed by atoms with E-state index < -0.39 is 0 Å². The minimum Gasteiger partial charge on any atom is -0.468 e. The summed E-state index contributed by atoms with van der Waals surface area (Å²) in [6.07, 6.45) is 5.45. The van der Waals surface area contributed by atoms with Gasteiger partial charge in [0, 0.05) is 12.7 Å². The van der Waals surface area contributed by atoms with Crippen LogP contribution in [0.25, 0.3) is 5.65 Å². The first kappa shape index (κ1) is 12.9. The Bertz CT molecular complexity index is 688. The quantitative estimate of drug-likeness (QED) is 0.745. The molecule has 3 heterocycles. The normalized spacial score (nSPS) is 12.9. The van der Waals surface area contributed by atoms with Crippen molar-refractivity contribution < 1.29 is 9.52 Å². The van der Waals surface area contributed by atoms with Crippen LogP contribution in [0.15, 0.2) is 47.3 Å². The van der Waals surface area contributed by atoms with Gasteiger partial charge in [-0.1, -0.05) is 6.07 Å². The predicted octanol–water partition coefficient (Wildman–Crippen LogP) is 2.06. The molecular formula is C15H17N3O2. The molecule has 0 aliphatic heterocycles. The Balaban J connectivity index is 1.78. The highest BCUT2D eigenvalue weighted by molar-refractivity contribution is 5.48. The maximum atomic E-state index is 9.44. The maximum Gasteiger partial charge on any atom is 0.139 e. The van der Waals surface area contributed by atoms with Crippen LogP contribution in [0.3, 0.4) is 0 Å². The van der Waals surface area contributed by atoms with Crippen molar-refractivity contribution in [1.82, 2.24) is 14.7 Å². The molecule has 5 nitrogen and oxygen atoms in total. The molecule has 3 rings (SSSR count). The molecule has 0 aliphatic carbocycles. The molecule has 3 aromatic heterocycles. The highest BCUT2D eigenvalue weighted by atomic mass is 16.3. The van der Waals surface area contributed by atoms with Gasteiger partial charge in [0.05, 0.1) is 30.8 Å². The number of furan rings is 1. The lowest BCUT2D eigenvalue weighted by atomic mass is 10.2. The smallest absolute Gasteiger partial charge is 0.139 e. The number of aliphatic hydroxyl groups is 1. The van der Waals surface area contributed by atoms with Crippen LogP contribution in [-0.4, -0.2) is 21.1 Å². The van der Waals surface area contributed by atoms with Crippen molar-refractivity contribution in [3.05, 3.63) is 59.9 Å². The van der Waals surface area contributed by atoms with Gasteiger partial charge in [0.2, 0.25) is 0 Å². The molecule has 0 fully saturated rings. The van der Waals surface area contributed by atoms with Gasteiger partial charge in [0.25, 0.3) is 0 Å². The summed E-state index contributed by atoms with van der Waals surface area (Å²) in [5.74, 6) is 0.734. The van der Waals surface area contributed by atoms with Gasteiger partial charge < -0.3 is 13.9 Å². The lowest BCUT2D eigenvalue weighted by Crippen LogP contribution is -2.24. The Kier molecular flexibility index (Phi) is 3.54. The molecule has 5 heteroatoms. The number of nitrogens with one attached hydrogen (secondary N) is 1. The number of imidazole rings is 1. The molecule has 3 aromatic rings. The first-order valence-corrected chi connectivity index (χ1v) is 6.59. The Hall–Kier alpha value is -2.11. The molecule has 2 N–H and O–H groups in total. The zero-order chi connectivity index (χ0) is 13.9. The van der Waals surface area contributed by atoms with Crippen molar-refractivity contribution >= 4 is 5.65 Å². The first-order valence-electron chi connectivity index (χ1n) is 6.59. The summed E-state index contributed by atoms with van der Waals surface area (Å²) in [5.41, 5.74) is 3.15. The van der Waals surface area contributed by atoms with E-state index >= 15 is 0 Å². The van der Waals surface area contributed by atoms with Crippen molar-refractivity contribution in [3.63, 3.8) is 0 Å². The van der Waals surface area contributed by atoms with Crippen LogP contribution in [0.1, 0.15) is 23.1 Å². The molecule has 0 bridgehead atoms. The Morgan fingerprint density at radius 3 is 3.05 bits per heavy atom. The van der Waals surface area contributed by atoms with Crippen LogP contribution < -0.4 is 5.32 Å². The zero-order valence-corrected chi connectivity index (χ0v) is 11.3. The van der Waals surface area contributed by atoms with Crippen LogP contribution >= 0.6 is 0 Å². The van der Waals surface area contributed by atoms with Gasteiger partial charge in [-0.05, 0) is 30.7 Å². The van der Waals surface area contributed by atoms with Crippen molar-refractivity contribution in [1.29, 1.82) is 0 Å². The molecule has 0 radical (unpaired) electrons. The molecule has 104 valence electrons. The van der Waals surface area contributed by atoms with Gasteiger partial charge in [-0.25, -0.2) is 4.98 Å². The number of fused-ring (bicyclic) bond motifs is 1. The average molecular weight is 271 g/mol. The number of hydrogen-bond donors (Lipinski definition) is 2. The number of aromatic nitrogens is 2. The summed E-state index contributed by atoms with van der Waals surface area (Å²) >= 11 is 0. The second-order valence-corrected chi connectivity index (χ2v) is 4.77. The average Bonchev–Trinajstić information content (AvgIpc) is 3.10. The lowest BCUT2D eigenvalue weighted by molar-refractivity contribution is 0.225. The number of pyridine rings is 1. The van der Waals surface area contributed by atoms with Crippen LogP contribution in [0.2, 0.25) is 0 Å². The van der Waals surface area contributed by atoms with E-state index in [4.69, 9.17) is 4.42 Å². The SMILES string of the molecule is Cc1cccn2c(CNC(CO)c3ccco3)cnc12. The molecule has 0 saturated carbocycles. The third-order valence-electron chi connectivity index (χ3n) is 3.41. The largest absolute Gasteiger partial charge is 0.468 e. The van der Waals surface area contributed by atoms with Gasteiger partial charge >= 0.3 is 0 Å². The van der Waals surface area contributed by atoms with E-state index in [2.05, 4.69) is 14.7 Å². The topological polar surface area (TPSA) is 62.7 Å². The van der Waals surface area contributed by atoms with E-state index in [0.717, 1.165) is 22.7 Å². The molecule has 0 aromatic carbocycles. The maximum absolute atomic E-state index is 9.44. The van der Waals surface area contributed by atoms with Crippen LogP contribution in [0, 0.1) is 6.92 Å². The van der Waals surface area contributed by atoms with Crippen molar-refractivity contribution in [2.75, 3.05) is 6.61 Å². The van der Waals surface area contributed by atoms with E-state index in [-0.39, 0.29) is 12.6 Å². The van der Waals surface area contributed by atoms with E-state index in [9.17, 15) is 5.11 Å². The molecule has 20 heavy (non-hydrogen) atoms. The summed E-state index contributed by atoms with van der Waals surface area (Å²) in [7, 11) is 0. The number of rotatable bonds is 5. The molecule has 1 atom stereocenters. The van der Waals surface area contributed by atoms with E-state index in [1.54, 1.807) is 6.26 Å². The van der Waals surface area contributed by atoms with Gasteiger partial charge in [0.15, 0.2) is 0 Å². The fraction of sp³-hybridized carbons (Fsp3) is 0.267. The van der Waals surface area contributed by atoms with Gasteiger partial charge in [-0.2, -0.15) is 0 Å². The zero-order valence-electron chi connectivity index (χ0n) is 11.3. The molecule has 0 spiro atoms. The van der Waals surface area contributed by atoms with Crippen LogP contribution in [0.5, 0.6) is 0 Å². The number of nitrogens with zero attached hydrogens (tertiary/aromatic N) is 2. The van der Waals surface area contributed by atoms with Crippen molar-refractivity contribution in [2.24, 2.45) is 0 Å². The van der Waals surface area contributed by atoms with Gasteiger partial charge in [-0.15, -0.1) is 0 Å². The Morgan fingerprint density at radius 1 is 1.40 bits per heavy atom. The van der Waals surface area contributed by atoms with E-state index in [1.165, 1.54) is 0 Å². The summed E-state index contributed by atoms with van der Waals surface area (Å²) in [5, 5.41) is 12.7. The van der Waals surface area contributed by atoms with Crippen LogP contribution in [-0.2, 0) is 6.54 Å². The summed E-state index contributed by atoms with van der Waals surface area (Å²) < 4.78 is 7.37. The second kappa shape index (κ2) is 5.48. The Morgan fingerprint density at radius 2 is 2.30 bits per heavy atom. The van der Waals surface area contributed by atoms with Crippen molar-refractivity contribution in [2.45, 2.75) is 19.5 Å². The van der Waals surface area contributed by atoms with E-state index in [1.807, 2.05) is 43.6 Å². The lowest BCUT2D eigenvalue weighted by Gasteiger charge is -2.13. The first-order chi connectivity index (χ1) is 9.79. The van der Waals surface area contributed by atoms with Gasteiger partial charge in [-0.3, -0.25) is 5.32 Å². The fourth-order valence-electron chi connectivity index (χ4n) is 2.31. The fourth-order valence-corrected chi connectivity index (χ4v) is 2.31. The predicted molar refractivity (Wildman–Crippen MR) is 75.3 cm³/mol. The monoisotopic (exact) mass is 271 g/mol. The molecule has 0 aliphatic rings. The number of hydrogen-bond acceptors (Lipinski definition) is 4. The summed E-state index contributed by atoms with van der Waals surface area (Å²) in [6, 6.07) is 7.51. The number of aryl methyl sites for hydroxylation is 1. The second-order valence-electron chi connectivity index (χ2n) is 4.77. The minimum atomic E-state index is -0.208. The molecule has 0 saturated heterocycles. The highest BCUT2D eigenvalue weighted by Gasteiger charge is 2.13. The minimum absolute atomic E-state index is 0.0106. The van der Waals surface area contributed by atoms with Crippen LogP contribution in [0.4, 0.5) is 0 Å². The molecule has 1 unspecified atom stereocenters. The van der Waals surface area contributed by atoms with E-state index in [0.29, 0.717) is 6.54 Å². The molecule has 0 amide bonds. The summed E-state index contributed by atoms with van der Waals surface area (Å²) in [6.45, 7) is 2.64. The van der Waals surface area contributed by atoms with Gasteiger partial charge in [0.1, 0.15) is 11.4 Å². The molecular weight excluding hydrogens is 254 g/mol. The Labute approximate surface area is 116 Å². The summed E-state index contributed by atoms with van der Waals surface area (Å²) in [4.78, 5) is 4.42. The third kappa shape index (κ3) is 2.33. The van der Waals surface area contributed by atoms with Crippen molar-refractivity contribution in [3.8, 4) is 0 Å². The standard InChI is InChI=1S/C15H17N3O2/c1-11-4-2-6-18-12(9-17-15(11)18)8-16-13(10-19)14-5-3-7-20-14/h2-7,9,13,16,19H,8,10H2,1H3.